The van der Waals surface area contributed by atoms with Crippen molar-refractivity contribution in [2.24, 2.45) is 0 Å². The monoisotopic (exact) mass is 208 g/mol. The van der Waals surface area contributed by atoms with Gasteiger partial charge in [-0.05, 0) is 31.0 Å². The van der Waals surface area contributed by atoms with Crippen molar-refractivity contribution < 1.29 is 14.2 Å². The molecule has 0 aromatic heterocycles. The first-order valence-corrected chi connectivity index (χ1v) is 5.02. The highest BCUT2D eigenvalue weighted by Gasteiger charge is 2.30. The standard InChI is InChI=1S/C12H16O3/c1-7-8(2)12(14-4)9(11-6-15-11)5-10(7)13-3/h5,11H,6H2,1-4H3. The van der Waals surface area contributed by atoms with Crippen LogP contribution >= 0.6 is 0 Å². The first-order valence-electron chi connectivity index (χ1n) is 5.02. The van der Waals surface area contributed by atoms with E-state index < -0.39 is 0 Å². The van der Waals surface area contributed by atoms with Gasteiger partial charge < -0.3 is 14.2 Å². The summed E-state index contributed by atoms with van der Waals surface area (Å²) in [6.45, 7) is 4.86. The SMILES string of the molecule is COc1cc(C2CO2)c(OC)c(C)c1C. The zero-order valence-electron chi connectivity index (χ0n) is 9.59. The van der Waals surface area contributed by atoms with Crippen LogP contribution in [0.1, 0.15) is 22.8 Å². The Hall–Kier alpha value is -1.22. The highest BCUT2D eigenvalue weighted by atomic mass is 16.6. The zero-order valence-corrected chi connectivity index (χ0v) is 9.59. The van der Waals surface area contributed by atoms with Gasteiger partial charge in [-0.15, -0.1) is 0 Å². The van der Waals surface area contributed by atoms with Gasteiger partial charge >= 0.3 is 0 Å². The molecule has 0 N–H and O–H groups in total. The van der Waals surface area contributed by atoms with Gasteiger partial charge in [-0.2, -0.15) is 0 Å². The minimum Gasteiger partial charge on any atom is -0.496 e. The van der Waals surface area contributed by atoms with Crippen LogP contribution in [0.25, 0.3) is 0 Å². The molecular weight excluding hydrogens is 192 g/mol. The molecule has 82 valence electrons. The number of hydrogen-bond donors (Lipinski definition) is 0. The molecule has 1 heterocycles. The average molecular weight is 208 g/mol. The normalized spacial score (nSPS) is 18.8. The maximum Gasteiger partial charge on any atom is 0.128 e. The first kappa shape index (κ1) is 10.3. The van der Waals surface area contributed by atoms with Crippen molar-refractivity contribution in [3.63, 3.8) is 0 Å². The van der Waals surface area contributed by atoms with Crippen molar-refractivity contribution in [3.05, 3.63) is 22.8 Å². The molecule has 3 nitrogen and oxygen atoms in total. The third-order valence-corrected chi connectivity index (χ3v) is 2.93. The van der Waals surface area contributed by atoms with Crippen LogP contribution in [0, 0.1) is 13.8 Å². The van der Waals surface area contributed by atoms with Crippen LogP contribution < -0.4 is 9.47 Å². The molecule has 1 aromatic rings. The van der Waals surface area contributed by atoms with Crippen molar-refractivity contribution in [2.45, 2.75) is 20.0 Å². The van der Waals surface area contributed by atoms with Crippen LogP contribution in [-0.2, 0) is 4.74 Å². The highest BCUT2D eigenvalue weighted by molar-refractivity contribution is 5.54. The van der Waals surface area contributed by atoms with Crippen LogP contribution in [0.15, 0.2) is 6.07 Å². The Bertz CT molecular complexity index is 381. The Labute approximate surface area is 90.0 Å². The topological polar surface area (TPSA) is 31.0 Å². The van der Waals surface area contributed by atoms with E-state index in [-0.39, 0.29) is 6.10 Å². The Morgan fingerprint density at radius 1 is 1.20 bits per heavy atom. The van der Waals surface area contributed by atoms with E-state index in [1.807, 2.05) is 19.9 Å². The molecule has 1 saturated heterocycles. The first-order chi connectivity index (χ1) is 7.19. The predicted octanol–water partition coefficient (Wildman–Crippen LogP) is 2.39. The molecule has 15 heavy (non-hydrogen) atoms. The van der Waals surface area contributed by atoms with Crippen molar-refractivity contribution in [1.82, 2.24) is 0 Å². The van der Waals surface area contributed by atoms with Gasteiger partial charge in [0.15, 0.2) is 0 Å². The number of rotatable bonds is 3. The van der Waals surface area contributed by atoms with Crippen LogP contribution in [0.5, 0.6) is 11.5 Å². The molecule has 1 aliphatic rings. The van der Waals surface area contributed by atoms with E-state index in [0.29, 0.717) is 0 Å². The molecule has 0 amide bonds. The maximum atomic E-state index is 5.42. The Morgan fingerprint density at radius 2 is 1.87 bits per heavy atom. The Morgan fingerprint density at radius 3 is 2.33 bits per heavy atom. The van der Waals surface area contributed by atoms with Gasteiger partial charge in [0, 0.05) is 5.56 Å². The summed E-state index contributed by atoms with van der Waals surface area (Å²) < 4.78 is 16.1. The summed E-state index contributed by atoms with van der Waals surface area (Å²) in [5, 5.41) is 0. The second kappa shape index (κ2) is 3.74. The zero-order chi connectivity index (χ0) is 11.0. The third kappa shape index (κ3) is 1.67. The molecule has 0 spiro atoms. The second-order valence-corrected chi connectivity index (χ2v) is 3.77. The molecule has 0 aliphatic carbocycles. The molecule has 0 bridgehead atoms. The lowest BCUT2D eigenvalue weighted by Gasteiger charge is -2.15. The Balaban J connectivity index is 2.56. The quantitative estimate of drug-likeness (QED) is 0.715. The molecule has 0 saturated carbocycles. The predicted molar refractivity (Wildman–Crippen MR) is 57.7 cm³/mol. The molecular formula is C12H16O3. The molecule has 2 rings (SSSR count). The maximum absolute atomic E-state index is 5.42. The van der Waals surface area contributed by atoms with E-state index in [1.54, 1.807) is 14.2 Å². The van der Waals surface area contributed by atoms with E-state index in [1.165, 1.54) is 0 Å². The van der Waals surface area contributed by atoms with Crippen molar-refractivity contribution in [2.75, 3.05) is 20.8 Å². The van der Waals surface area contributed by atoms with Gasteiger partial charge in [0.05, 0.1) is 20.8 Å². The number of methoxy groups -OCH3 is 2. The summed E-state index contributed by atoms with van der Waals surface area (Å²) in [5.41, 5.74) is 3.35. The van der Waals surface area contributed by atoms with Gasteiger partial charge in [0.2, 0.25) is 0 Å². The van der Waals surface area contributed by atoms with Gasteiger partial charge in [0.1, 0.15) is 17.6 Å². The van der Waals surface area contributed by atoms with Gasteiger partial charge in [-0.1, -0.05) is 0 Å². The van der Waals surface area contributed by atoms with Gasteiger partial charge in [0.25, 0.3) is 0 Å². The number of ether oxygens (including phenoxy) is 3. The fraction of sp³-hybridized carbons (Fsp3) is 0.500. The minimum absolute atomic E-state index is 0.188. The fourth-order valence-corrected chi connectivity index (χ4v) is 1.84. The van der Waals surface area contributed by atoms with Gasteiger partial charge in [-0.25, -0.2) is 0 Å². The smallest absolute Gasteiger partial charge is 0.128 e. The van der Waals surface area contributed by atoms with E-state index in [2.05, 4.69) is 0 Å². The molecule has 1 aliphatic heterocycles. The molecule has 0 radical (unpaired) electrons. The van der Waals surface area contributed by atoms with E-state index in [0.717, 1.165) is 34.8 Å². The number of hydrogen-bond acceptors (Lipinski definition) is 3. The van der Waals surface area contributed by atoms with Crippen LogP contribution in [0.3, 0.4) is 0 Å². The van der Waals surface area contributed by atoms with Crippen molar-refractivity contribution in [3.8, 4) is 11.5 Å². The van der Waals surface area contributed by atoms with Crippen LogP contribution in [-0.4, -0.2) is 20.8 Å². The minimum atomic E-state index is 0.188. The van der Waals surface area contributed by atoms with Gasteiger partial charge in [-0.3, -0.25) is 0 Å². The average Bonchev–Trinajstić information content (AvgIpc) is 3.05. The fourth-order valence-electron chi connectivity index (χ4n) is 1.84. The van der Waals surface area contributed by atoms with E-state index in [4.69, 9.17) is 14.2 Å². The molecule has 3 heteroatoms. The van der Waals surface area contributed by atoms with Crippen LogP contribution in [0.4, 0.5) is 0 Å². The summed E-state index contributed by atoms with van der Waals surface area (Å²) in [7, 11) is 3.38. The summed E-state index contributed by atoms with van der Waals surface area (Å²) in [5.74, 6) is 1.83. The Kier molecular flexibility index (Phi) is 2.57. The van der Waals surface area contributed by atoms with E-state index in [9.17, 15) is 0 Å². The number of benzene rings is 1. The lowest BCUT2D eigenvalue weighted by Crippen LogP contribution is -1.99. The molecule has 1 fully saturated rings. The second-order valence-electron chi connectivity index (χ2n) is 3.77. The lowest BCUT2D eigenvalue weighted by atomic mass is 10.0. The van der Waals surface area contributed by atoms with Crippen molar-refractivity contribution in [1.29, 1.82) is 0 Å². The summed E-state index contributed by atoms with van der Waals surface area (Å²) >= 11 is 0. The number of epoxide rings is 1. The molecule has 1 atom stereocenters. The highest BCUT2D eigenvalue weighted by Crippen LogP contribution is 2.42. The summed E-state index contributed by atoms with van der Waals surface area (Å²) in [6.07, 6.45) is 0.188. The van der Waals surface area contributed by atoms with E-state index >= 15 is 0 Å². The molecule has 1 aromatic carbocycles. The molecule has 1 unspecified atom stereocenters. The van der Waals surface area contributed by atoms with Crippen LogP contribution in [0.2, 0.25) is 0 Å². The summed E-state index contributed by atoms with van der Waals surface area (Å²) in [4.78, 5) is 0. The summed E-state index contributed by atoms with van der Waals surface area (Å²) in [6, 6.07) is 2.01. The largest absolute Gasteiger partial charge is 0.496 e. The lowest BCUT2D eigenvalue weighted by molar-refractivity contribution is 0.374. The van der Waals surface area contributed by atoms with Crippen molar-refractivity contribution >= 4 is 0 Å². The third-order valence-electron chi connectivity index (χ3n) is 2.93.